The summed E-state index contributed by atoms with van der Waals surface area (Å²) in [7, 11) is 3.98. The van der Waals surface area contributed by atoms with Gasteiger partial charge in [-0.25, -0.2) is 0 Å². The Hall–Kier alpha value is -2.14. The second-order valence-electron chi connectivity index (χ2n) is 4.05. The molecule has 0 aliphatic rings. The Morgan fingerprint density at radius 1 is 0.895 bits per heavy atom. The molecule has 0 saturated carbocycles. The third-order valence-corrected chi connectivity index (χ3v) is 2.44. The van der Waals surface area contributed by atoms with E-state index in [9.17, 15) is 0 Å². The van der Waals surface area contributed by atoms with E-state index in [1.165, 1.54) is 12.4 Å². The standard InChI is InChI=1S/C13H15N4O.ClH/c1-16(2)13-5-3-11(4-6-13)14-15-12-7-9-17(18)10-8-12;/h3-10,18H,1-2H3;1H/q+1;/p-1. The molecule has 0 radical (unpaired) electrons. The van der Waals surface area contributed by atoms with Gasteiger partial charge in [-0.05, 0) is 24.3 Å². The molecular weight excluding hydrogens is 264 g/mol. The first kappa shape index (κ1) is 14.9. The first-order valence-electron chi connectivity index (χ1n) is 5.55. The van der Waals surface area contributed by atoms with Crippen molar-refractivity contribution in [2.24, 2.45) is 10.2 Å². The van der Waals surface area contributed by atoms with E-state index in [0.717, 1.165) is 16.1 Å². The quantitative estimate of drug-likeness (QED) is 0.476. The number of anilines is 1. The summed E-state index contributed by atoms with van der Waals surface area (Å²) in [5.74, 6) is 0. The number of benzene rings is 1. The molecule has 2 rings (SSSR count). The minimum absolute atomic E-state index is 0. The molecule has 0 amide bonds. The zero-order chi connectivity index (χ0) is 13.0. The van der Waals surface area contributed by atoms with Crippen molar-refractivity contribution in [3.05, 3.63) is 48.8 Å². The van der Waals surface area contributed by atoms with Crippen LogP contribution in [0.15, 0.2) is 59.0 Å². The topological polar surface area (TPSA) is 52.1 Å². The Morgan fingerprint density at radius 2 is 1.37 bits per heavy atom. The lowest BCUT2D eigenvalue weighted by molar-refractivity contribution is -0.904. The van der Waals surface area contributed by atoms with E-state index in [-0.39, 0.29) is 12.4 Å². The number of rotatable bonds is 3. The van der Waals surface area contributed by atoms with Crippen LogP contribution >= 0.6 is 0 Å². The van der Waals surface area contributed by atoms with Crippen molar-refractivity contribution in [2.75, 3.05) is 19.0 Å². The van der Waals surface area contributed by atoms with Gasteiger partial charge in [0.1, 0.15) is 0 Å². The highest BCUT2D eigenvalue weighted by atomic mass is 35.5. The number of azo groups is 1. The van der Waals surface area contributed by atoms with Crippen LogP contribution in [0.25, 0.3) is 0 Å². The summed E-state index contributed by atoms with van der Waals surface area (Å²) in [5.41, 5.74) is 2.60. The third-order valence-electron chi connectivity index (χ3n) is 2.44. The van der Waals surface area contributed by atoms with Crippen LogP contribution in [0, 0.1) is 0 Å². The number of hydrogen-bond acceptors (Lipinski definition) is 4. The molecular formula is C13H15ClN4O. The van der Waals surface area contributed by atoms with Crippen molar-refractivity contribution < 1.29 is 22.3 Å². The minimum atomic E-state index is 0. The van der Waals surface area contributed by atoms with Crippen LogP contribution in [-0.2, 0) is 0 Å². The van der Waals surface area contributed by atoms with Crippen molar-refractivity contribution in [1.29, 1.82) is 0 Å². The predicted molar refractivity (Wildman–Crippen MR) is 68.8 cm³/mol. The molecule has 2 aromatic rings. The fraction of sp³-hybridized carbons (Fsp3) is 0.154. The maximum Gasteiger partial charge on any atom is 0.224 e. The maximum absolute atomic E-state index is 9.06. The van der Waals surface area contributed by atoms with Crippen LogP contribution in [0.5, 0.6) is 0 Å². The Balaban J connectivity index is 0.00000180. The van der Waals surface area contributed by atoms with E-state index in [0.29, 0.717) is 5.69 Å². The first-order valence-corrected chi connectivity index (χ1v) is 5.55. The Kier molecular flexibility index (Phi) is 5.26. The highest BCUT2D eigenvalue weighted by molar-refractivity contribution is 5.51. The summed E-state index contributed by atoms with van der Waals surface area (Å²) >= 11 is 0. The van der Waals surface area contributed by atoms with Gasteiger partial charge in [-0.3, -0.25) is 5.21 Å². The summed E-state index contributed by atoms with van der Waals surface area (Å²) in [6, 6.07) is 11.2. The Labute approximate surface area is 118 Å². The van der Waals surface area contributed by atoms with Gasteiger partial charge in [-0.2, -0.15) is 10.2 Å². The number of aromatic nitrogens is 1. The second kappa shape index (κ2) is 6.70. The van der Waals surface area contributed by atoms with Crippen molar-refractivity contribution in [2.45, 2.75) is 0 Å². The summed E-state index contributed by atoms with van der Waals surface area (Å²) in [4.78, 5) is 2.03. The van der Waals surface area contributed by atoms with E-state index in [1.54, 1.807) is 12.1 Å². The number of hydrogen-bond donors (Lipinski definition) is 1. The van der Waals surface area contributed by atoms with E-state index in [2.05, 4.69) is 10.2 Å². The smallest absolute Gasteiger partial charge is 0.224 e. The van der Waals surface area contributed by atoms with Crippen molar-refractivity contribution in [3.8, 4) is 0 Å². The average molecular weight is 279 g/mol. The lowest BCUT2D eigenvalue weighted by atomic mass is 10.3. The van der Waals surface area contributed by atoms with Gasteiger partial charge in [0.2, 0.25) is 12.4 Å². The predicted octanol–water partition coefficient (Wildman–Crippen LogP) is -0.303. The molecule has 0 aliphatic heterocycles. The molecule has 0 bridgehead atoms. The molecule has 1 aromatic heterocycles. The van der Waals surface area contributed by atoms with Crippen LogP contribution < -0.4 is 22.0 Å². The lowest BCUT2D eigenvalue weighted by Gasteiger charge is -2.11. The average Bonchev–Trinajstić information content (AvgIpc) is 2.38. The summed E-state index contributed by atoms with van der Waals surface area (Å²) < 4.78 is 0.963. The number of nitrogens with zero attached hydrogens (tertiary/aromatic N) is 4. The summed E-state index contributed by atoms with van der Waals surface area (Å²) in [5, 5.41) is 17.3. The highest BCUT2D eigenvalue weighted by Crippen LogP contribution is 2.20. The third kappa shape index (κ3) is 4.22. The van der Waals surface area contributed by atoms with Gasteiger partial charge in [0.05, 0.1) is 11.4 Å². The normalized spacial score (nSPS) is 10.2. The fourth-order valence-electron chi connectivity index (χ4n) is 1.41. The van der Waals surface area contributed by atoms with Gasteiger partial charge in [0.15, 0.2) is 0 Å². The molecule has 0 fully saturated rings. The second-order valence-corrected chi connectivity index (χ2v) is 4.05. The Bertz CT molecular complexity index is 538. The molecule has 0 atom stereocenters. The highest BCUT2D eigenvalue weighted by Gasteiger charge is 1.97. The molecule has 0 aliphatic carbocycles. The molecule has 6 heteroatoms. The summed E-state index contributed by atoms with van der Waals surface area (Å²) in [6.45, 7) is 0. The molecule has 0 unspecified atom stereocenters. The maximum atomic E-state index is 9.06. The Morgan fingerprint density at radius 3 is 1.84 bits per heavy atom. The monoisotopic (exact) mass is 278 g/mol. The number of pyridine rings is 1. The molecule has 100 valence electrons. The van der Waals surface area contributed by atoms with Crippen LogP contribution in [0.2, 0.25) is 0 Å². The zero-order valence-corrected chi connectivity index (χ0v) is 11.5. The van der Waals surface area contributed by atoms with Gasteiger partial charge in [-0.1, -0.05) is 0 Å². The molecule has 19 heavy (non-hydrogen) atoms. The summed E-state index contributed by atoms with van der Waals surface area (Å²) in [6.07, 6.45) is 3.01. The molecule has 0 spiro atoms. The largest absolute Gasteiger partial charge is 1.00 e. The van der Waals surface area contributed by atoms with Crippen molar-refractivity contribution in [1.82, 2.24) is 0 Å². The minimum Gasteiger partial charge on any atom is -1.00 e. The molecule has 1 N–H and O–H groups in total. The van der Waals surface area contributed by atoms with Crippen molar-refractivity contribution in [3.63, 3.8) is 0 Å². The molecule has 5 nitrogen and oxygen atoms in total. The first-order chi connectivity index (χ1) is 8.65. The van der Waals surface area contributed by atoms with Crippen LogP contribution in [0.1, 0.15) is 0 Å². The molecule has 1 aromatic carbocycles. The van der Waals surface area contributed by atoms with E-state index in [4.69, 9.17) is 5.21 Å². The molecule has 0 saturated heterocycles. The van der Waals surface area contributed by atoms with Crippen LogP contribution in [0.3, 0.4) is 0 Å². The van der Waals surface area contributed by atoms with Gasteiger partial charge in [0, 0.05) is 36.6 Å². The van der Waals surface area contributed by atoms with E-state index in [1.807, 2.05) is 43.3 Å². The zero-order valence-electron chi connectivity index (χ0n) is 10.7. The van der Waals surface area contributed by atoms with Crippen LogP contribution in [-0.4, -0.2) is 19.3 Å². The SMILES string of the molecule is CN(C)c1ccc(N=Nc2cc[n+](O)cc2)cc1.[Cl-]. The van der Waals surface area contributed by atoms with Gasteiger partial charge in [-0.15, -0.1) is 0 Å². The number of halogens is 1. The van der Waals surface area contributed by atoms with Crippen molar-refractivity contribution >= 4 is 17.1 Å². The van der Waals surface area contributed by atoms with Gasteiger partial charge in [0.25, 0.3) is 0 Å². The van der Waals surface area contributed by atoms with Gasteiger partial charge >= 0.3 is 0 Å². The van der Waals surface area contributed by atoms with E-state index >= 15 is 0 Å². The van der Waals surface area contributed by atoms with Crippen LogP contribution in [0.4, 0.5) is 17.1 Å². The molecule has 1 heterocycles. The van der Waals surface area contributed by atoms with E-state index < -0.39 is 0 Å². The van der Waals surface area contributed by atoms with Gasteiger partial charge < -0.3 is 17.3 Å². The lowest BCUT2D eigenvalue weighted by Crippen LogP contribution is -3.00. The fourth-order valence-corrected chi connectivity index (χ4v) is 1.41.